The number of nitrogens with one attached hydrogen (secondary N) is 1. The number of phenols is 1. The number of hydrogen-bond acceptors (Lipinski definition) is 4. The third-order valence-corrected chi connectivity index (χ3v) is 2.95. The van der Waals surface area contributed by atoms with Gasteiger partial charge in [-0.1, -0.05) is 15.9 Å². The third-order valence-electron chi connectivity index (χ3n) is 2.45. The predicted molar refractivity (Wildman–Crippen MR) is 71.1 cm³/mol. The average Bonchev–Trinajstić information content (AvgIpc) is 2.32. The van der Waals surface area contributed by atoms with Gasteiger partial charge >= 0.3 is 0 Å². The summed E-state index contributed by atoms with van der Waals surface area (Å²) >= 11 is 3.37. The topological polar surface area (TPSA) is 58.0 Å². The zero-order chi connectivity index (χ0) is 12.4. The predicted octanol–water partition coefficient (Wildman–Crippen LogP) is 2.96. The molecular formula is C12H12BrN3O. The maximum Gasteiger partial charge on any atom is 0.148 e. The van der Waals surface area contributed by atoms with Crippen LogP contribution in [0.5, 0.6) is 5.75 Å². The Hall–Kier alpha value is -1.62. The first kappa shape index (κ1) is 11.9. The van der Waals surface area contributed by atoms with Gasteiger partial charge in [0.2, 0.25) is 0 Å². The Morgan fingerprint density at radius 3 is 2.65 bits per heavy atom. The minimum absolute atomic E-state index is 0.197. The van der Waals surface area contributed by atoms with Gasteiger partial charge in [-0.25, -0.2) is 0 Å². The highest BCUT2D eigenvalue weighted by molar-refractivity contribution is 9.10. The van der Waals surface area contributed by atoms with Crippen molar-refractivity contribution < 1.29 is 5.11 Å². The highest BCUT2D eigenvalue weighted by Crippen LogP contribution is 2.32. The van der Waals surface area contributed by atoms with E-state index in [0.29, 0.717) is 17.1 Å². The van der Waals surface area contributed by atoms with Gasteiger partial charge in [-0.15, -0.1) is 10.2 Å². The fourth-order valence-electron chi connectivity index (χ4n) is 1.57. The number of benzene rings is 1. The lowest BCUT2D eigenvalue weighted by Crippen LogP contribution is -1.98. The summed E-state index contributed by atoms with van der Waals surface area (Å²) in [7, 11) is 1.79. The molecule has 0 spiro atoms. The second-order valence-corrected chi connectivity index (χ2v) is 4.59. The first-order chi connectivity index (χ1) is 8.11. The molecule has 0 radical (unpaired) electrons. The second kappa shape index (κ2) is 4.71. The number of anilines is 1. The summed E-state index contributed by atoms with van der Waals surface area (Å²) < 4.78 is 0.893. The summed E-state index contributed by atoms with van der Waals surface area (Å²) in [4.78, 5) is 0. The molecule has 0 fully saturated rings. The Morgan fingerprint density at radius 1 is 1.24 bits per heavy atom. The first-order valence-corrected chi connectivity index (χ1v) is 5.92. The molecule has 2 N–H and O–H groups in total. The Morgan fingerprint density at radius 2 is 2.00 bits per heavy atom. The first-order valence-electron chi connectivity index (χ1n) is 5.13. The molecule has 4 nitrogen and oxygen atoms in total. The standard InChI is InChI=1S/C12H12BrN3O/c1-7-5-11(14-2)15-16-12(7)9-6-8(13)3-4-10(9)17/h3-6,17H,1-2H3,(H,14,15). The summed E-state index contributed by atoms with van der Waals surface area (Å²) in [5.41, 5.74) is 2.31. The molecule has 1 aromatic heterocycles. The Kier molecular flexibility index (Phi) is 3.28. The number of phenolic OH excluding ortho intramolecular Hbond substituents is 1. The molecule has 0 amide bonds. The van der Waals surface area contributed by atoms with Crippen molar-refractivity contribution in [1.82, 2.24) is 10.2 Å². The minimum Gasteiger partial charge on any atom is -0.507 e. The van der Waals surface area contributed by atoms with Crippen LogP contribution in [0.1, 0.15) is 5.56 Å². The van der Waals surface area contributed by atoms with Crippen LogP contribution in [-0.4, -0.2) is 22.4 Å². The quantitative estimate of drug-likeness (QED) is 0.894. The van der Waals surface area contributed by atoms with Gasteiger partial charge < -0.3 is 10.4 Å². The molecular weight excluding hydrogens is 282 g/mol. The van der Waals surface area contributed by atoms with E-state index in [-0.39, 0.29) is 5.75 Å². The highest BCUT2D eigenvalue weighted by atomic mass is 79.9. The number of aromatic hydroxyl groups is 1. The van der Waals surface area contributed by atoms with Crippen molar-refractivity contribution in [1.29, 1.82) is 0 Å². The summed E-state index contributed by atoms with van der Waals surface area (Å²) in [6.45, 7) is 1.94. The molecule has 0 atom stereocenters. The lowest BCUT2D eigenvalue weighted by Gasteiger charge is -2.08. The van der Waals surface area contributed by atoms with Crippen LogP contribution in [0.15, 0.2) is 28.7 Å². The van der Waals surface area contributed by atoms with Crippen molar-refractivity contribution >= 4 is 21.7 Å². The largest absolute Gasteiger partial charge is 0.507 e. The fourth-order valence-corrected chi connectivity index (χ4v) is 1.93. The molecule has 0 saturated heterocycles. The van der Waals surface area contributed by atoms with Crippen LogP contribution >= 0.6 is 15.9 Å². The number of halogens is 1. The molecule has 0 aliphatic rings. The Bertz CT molecular complexity index is 557. The van der Waals surface area contributed by atoms with Crippen LogP contribution in [0.25, 0.3) is 11.3 Å². The molecule has 1 aromatic carbocycles. The lowest BCUT2D eigenvalue weighted by atomic mass is 10.1. The number of rotatable bonds is 2. The summed E-state index contributed by atoms with van der Waals surface area (Å²) in [6.07, 6.45) is 0. The maximum atomic E-state index is 9.84. The van der Waals surface area contributed by atoms with Crippen LogP contribution in [0, 0.1) is 6.92 Å². The van der Waals surface area contributed by atoms with Gasteiger partial charge in [-0.05, 0) is 36.8 Å². The molecule has 0 aliphatic heterocycles. The van der Waals surface area contributed by atoms with Gasteiger partial charge in [0.25, 0.3) is 0 Å². The summed E-state index contributed by atoms with van der Waals surface area (Å²) in [6, 6.07) is 7.13. The van der Waals surface area contributed by atoms with Gasteiger partial charge in [0.1, 0.15) is 11.6 Å². The average molecular weight is 294 g/mol. The van der Waals surface area contributed by atoms with Crippen LogP contribution < -0.4 is 5.32 Å². The van der Waals surface area contributed by atoms with Crippen LogP contribution in [0.3, 0.4) is 0 Å². The summed E-state index contributed by atoms with van der Waals surface area (Å²) in [5, 5.41) is 20.9. The normalized spacial score (nSPS) is 10.3. The molecule has 17 heavy (non-hydrogen) atoms. The van der Waals surface area contributed by atoms with E-state index in [1.807, 2.05) is 19.1 Å². The number of nitrogens with zero attached hydrogens (tertiary/aromatic N) is 2. The highest BCUT2D eigenvalue weighted by Gasteiger charge is 2.10. The monoisotopic (exact) mass is 293 g/mol. The van der Waals surface area contributed by atoms with E-state index >= 15 is 0 Å². The fraction of sp³-hybridized carbons (Fsp3) is 0.167. The van der Waals surface area contributed by atoms with E-state index in [1.54, 1.807) is 19.2 Å². The van der Waals surface area contributed by atoms with Gasteiger partial charge in [0.05, 0.1) is 5.69 Å². The van der Waals surface area contributed by atoms with Crippen molar-refractivity contribution in [2.24, 2.45) is 0 Å². The molecule has 0 bridgehead atoms. The van der Waals surface area contributed by atoms with Crippen LogP contribution in [0.2, 0.25) is 0 Å². The summed E-state index contributed by atoms with van der Waals surface area (Å²) in [5.74, 6) is 0.906. The van der Waals surface area contributed by atoms with Gasteiger partial charge in [-0.3, -0.25) is 0 Å². The molecule has 5 heteroatoms. The van der Waals surface area contributed by atoms with Gasteiger partial charge in [-0.2, -0.15) is 0 Å². The zero-order valence-corrected chi connectivity index (χ0v) is 11.1. The smallest absolute Gasteiger partial charge is 0.148 e. The molecule has 0 saturated carbocycles. The number of aryl methyl sites for hydroxylation is 1. The van der Waals surface area contributed by atoms with Crippen LogP contribution in [0.4, 0.5) is 5.82 Å². The zero-order valence-electron chi connectivity index (χ0n) is 9.53. The molecule has 2 aromatic rings. The van der Waals surface area contributed by atoms with Crippen molar-refractivity contribution in [2.45, 2.75) is 6.92 Å². The maximum absolute atomic E-state index is 9.84. The molecule has 0 aliphatic carbocycles. The van der Waals surface area contributed by atoms with E-state index in [0.717, 1.165) is 10.0 Å². The van der Waals surface area contributed by atoms with E-state index in [1.165, 1.54) is 0 Å². The second-order valence-electron chi connectivity index (χ2n) is 3.67. The third kappa shape index (κ3) is 2.39. The number of aromatic nitrogens is 2. The molecule has 0 unspecified atom stereocenters. The van der Waals surface area contributed by atoms with Crippen molar-refractivity contribution in [3.63, 3.8) is 0 Å². The Labute approximate surface area is 108 Å². The molecule has 88 valence electrons. The van der Waals surface area contributed by atoms with E-state index in [4.69, 9.17) is 0 Å². The lowest BCUT2D eigenvalue weighted by molar-refractivity contribution is 0.477. The molecule has 2 rings (SSSR count). The molecule has 1 heterocycles. The van der Waals surface area contributed by atoms with Crippen LogP contribution in [-0.2, 0) is 0 Å². The van der Waals surface area contributed by atoms with Crippen molar-refractivity contribution in [2.75, 3.05) is 12.4 Å². The van der Waals surface area contributed by atoms with Crippen molar-refractivity contribution in [3.05, 3.63) is 34.3 Å². The van der Waals surface area contributed by atoms with E-state index < -0.39 is 0 Å². The van der Waals surface area contributed by atoms with E-state index in [9.17, 15) is 5.11 Å². The van der Waals surface area contributed by atoms with Crippen molar-refractivity contribution in [3.8, 4) is 17.0 Å². The minimum atomic E-state index is 0.197. The SMILES string of the molecule is CNc1cc(C)c(-c2cc(Br)ccc2O)nn1. The van der Waals surface area contributed by atoms with E-state index in [2.05, 4.69) is 31.4 Å². The Balaban J connectivity index is 2.56. The number of hydrogen-bond donors (Lipinski definition) is 2. The van der Waals surface area contributed by atoms with Gasteiger partial charge in [0.15, 0.2) is 0 Å². The van der Waals surface area contributed by atoms with Gasteiger partial charge in [0, 0.05) is 17.1 Å².